The lowest BCUT2D eigenvalue weighted by Gasteiger charge is -2.23. The molecule has 1 unspecified atom stereocenters. The Morgan fingerprint density at radius 1 is 1.56 bits per heavy atom. The summed E-state index contributed by atoms with van der Waals surface area (Å²) in [4.78, 5) is 33.8. The molecule has 6 nitrogen and oxygen atoms in total. The highest BCUT2D eigenvalue weighted by atomic mass is 16.4. The monoisotopic (exact) mass is 256 g/mol. The Kier molecular flexibility index (Phi) is 5.61. The third kappa shape index (κ3) is 4.35. The molecule has 0 spiro atoms. The molecule has 1 heterocycles. The fourth-order valence-corrected chi connectivity index (χ4v) is 1.91. The van der Waals surface area contributed by atoms with E-state index in [2.05, 4.69) is 10.6 Å². The summed E-state index contributed by atoms with van der Waals surface area (Å²) >= 11 is 0. The van der Waals surface area contributed by atoms with Crippen LogP contribution in [0, 0.1) is 5.92 Å². The minimum atomic E-state index is -1.00. The molecule has 1 aliphatic heterocycles. The van der Waals surface area contributed by atoms with Crippen LogP contribution < -0.4 is 10.6 Å². The van der Waals surface area contributed by atoms with Gasteiger partial charge >= 0.3 is 5.97 Å². The topological polar surface area (TPSA) is 95.5 Å². The predicted molar refractivity (Wildman–Crippen MR) is 64.8 cm³/mol. The third-order valence-corrected chi connectivity index (χ3v) is 3.10. The van der Waals surface area contributed by atoms with E-state index in [9.17, 15) is 14.4 Å². The van der Waals surface area contributed by atoms with Crippen molar-refractivity contribution in [2.45, 2.75) is 45.1 Å². The summed E-state index contributed by atoms with van der Waals surface area (Å²) < 4.78 is 0. The Bertz CT molecular complexity index is 320. The molecule has 1 saturated heterocycles. The van der Waals surface area contributed by atoms with Crippen LogP contribution in [-0.2, 0) is 14.4 Å². The van der Waals surface area contributed by atoms with Gasteiger partial charge in [-0.15, -0.1) is 0 Å². The maximum atomic E-state index is 11.9. The van der Waals surface area contributed by atoms with Gasteiger partial charge in [0.2, 0.25) is 11.8 Å². The largest absolute Gasteiger partial charge is 0.480 e. The standard InChI is InChI=1S/C12H20N2O4/c1-2-3-4-9(12(17)18)14-11(16)8-5-6-10(15)13-7-8/h8-9H,2-7H2,1H3,(H,13,15)(H,14,16)(H,17,18)/t8?,9-/m0/s1. The van der Waals surface area contributed by atoms with Gasteiger partial charge in [0.1, 0.15) is 6.04 Å². The molecule has 1 rings (SSSR count). The zero-order chi connectivity index (χ0) is 13.5. The molecule has 3 N–H and O–H groups in total. The highest BCUT2D eigenvalue weighted by molar-refractivity contribution is 5.87. The van der Waals surface area contributed by atoms with Crippen molar-refractivity contribution in [3.63, 3.8) is 0 Å². The number of aliphatic carboxylic acids is 1. The van der Waals surface area contributed by atoms with Crippen LogP contribution in [0.15, 0.2) is 0 Å². The van der Waals surface area contributed by atoms with Crippen LogP contribution in [0.3, 0.4) is 0 Å². The summed E-state index contributed by atoms with van der Waals surface area (Å²) in [6, 6.07) is -0.824. The maximum absolute atomic E-state index is 11.9. The molecular weight excluding hydrogens is 236 g/mol. The number of carbonyl (C=O) groups excluding carboxylic acids is 2. The quantitative estimate of drug-likeness (QED) is 0.635. The van der Waals surface area contributed by atoms with Gasteiger partial charge in [0.15, 0.2) is 0 Å². The van der Waals surface area contributed by atoms with E-state index in [1.807, 2.05) is 6.92 Å². The van der Waals surface area contributed by atoms with Crippen molar-refractivity contribution >= 4 is 17.8 Å². The summed E-state index contributed by atoms with van der Waals surface area (Å²) in [5.41, 5.74) is 0. The summed E-state index contributed by atoms with van der Waals surface area (Å²) in [5, 5.41) is 14.2. The lowest BCUT2D eigenvalue weighted by Crippen LogP contribution is -2.48. The van der Waals surface area contributed by atoms with E-state index in [4.69, 9.17) is 5.11 Å². The van der Waals surface area contributed by atoms with Crippen LogP contribution in [0.25, 0.3) is 0 Å². The molecule has 0 radical (unpaired) electrons. The van der Waals surface area contributed by atoms with E-state index in [0.717, 1.165) is 12.8 Å². The van der Waals surface area contributed by atoms with Gasteiger partial charge in [-0.05, 0) is 12.8 Å². The predicted octanol–water partition coefficient (Wildman–Crippen LogP) is 0.272. The van der Waals surface area contributed by atoms with Crippen LogP contribution in [0.2, 0.25) is 0 Å². The van der Waals surface area contributed by atoms with Crippen molar-refractivity contribution in [1.82, 2.24) is 10.6 Å². The number of carbonyl (C=O) groups is 3. The lowest BCUT2D eigenvalue weighted by atomic mass is 9.97. The molecule has 102 valence electrons. The van der Waals surface area contributed by atoms with Gasteiger partial charge < -0.3 is 15.7 Å². The van der Waals surface area contributed by atoms with Gasteiger partial charge in [0.05, 0.1) is 5.92 Å². The zero-order valence-electron chi connectivity index (χ0n) is 10.6. The van der Waals surface area contributed by atoms with Gasteiger partial charge in [-0.3, -0.25) is 9.59 Å². The van der Waals surface area contributed by atoms with Crippen LogP contribution >= 0.6 is 0 Å². The minimum absolute atomic E-state index is 0.0557. The first-order chi connectivity index (χ1) is 8.54. The number of rotatable bonds is 6. The Labute approximate surface area is 106 Å². The van der Waals surface area contributed by atoms with Crippen LogP contribution in [0.5, 0.6) is 0 Å². The summed E-state index contributed by atoms with van der Waals surface area (Å²) in [5.74, 6) is -1.65. The first kappa shape index (κ1) is 14.5. The highest BCUT2D eigenvalue weighted by Gasteiger charge is 2.27. The molecule has 0 aromatic rings. The first-order valence-corrected chi connectivity index (χ1v) is 6.34. The van der Waals surface area contributed by atoms with E-state index < -0.39 is 12.0 Å². The molecule has 0 bridgehead atoms. The van der Waals surface area contributed by atoms with Crippen LogP contribution in [-0.4, -0.2) is 35.5 Å². The molecule has 18 heavy (non-hydrogen) atoms. The molecule has 2 atom stereocenters. The summed E-state index contributed by atoms with van der Waals surface area (Å²) in [7, 11) is 0. The molecule has 0 aliphatic carbocycles. The maximum Gasteiger partial charge on any atom is 0.326 e. The van der Waals surface area contributed by atoms with Crippen molar-refractivity contribution < 1.29 is 19.5 Å². The van der Waals surface area contributed by atoms with Gasteiger partial charge in [-0.2, -0.15) is 0 Å². The molecule has 0 saturated carbocycles. The third-order valence-electron chi connectivity index (χ3n) is 3.10. The average Bonchev–Trinajstić information content (AvgIpc) is 2.34. The number of unbranched alkanes of at least 4 members (excludes halogenated alkanes) is 1. The number of hydrogen-bond donors (Lipinski definition) is 3. The van der Waals surface area contributed by atoms with Crippen LogP contribution in [0.4, 0.5) is 0 Å². The highest BCUT2D eigenvalue weighted by Crippen LogP contribution is 2.12. The van der Waals surface area contributed by atoms with Gasteiger partial charge in [-0.1, -0.05) is 19.8 Å². The van der Waals surface area contributed by atoms with Crippen molar-refractivity contribution in [3.05, 3.63) is 0 Å². The fourth-order valence-electron chi connectivity index (χ4n) is 1.91. The number of piperidine rings is 1. The molecule has 0 aromatic carbocycles. The second-order valence-corrected chi connectivity index (χ2v) is 4.58. The van der Waals surface area contributed by atoms with Crippen molar-refractivity contribution in [1.29, 1.82) is 0 Å². The number of carboxylic acid groups (broad SMARTS) is 1. The van der Waals surface area contributed by atoms with Gasteiger partial charge in [-0.25, -0.2) is 4.79 Å². The van der Waals surface area contributed by atoms with E-state index >= 15 is 0 Å². The summed E-state index contributed by atoms with van der Waals surface area (Å²) in [6.45, 7) is 2.27. The Morgan fingerprint density at radius 3 is 2.78 bits per heavy atom. The Morgan fingerprint density at radius 2 is 2.28 bits per heavy atom. The number of amides is 2. The van der Waals surface area contributed by atoms with Crippen molar-refractivity contribution in [3.8, 4) is 0 Å². The van der Waals surface area contributed by atoms with Crippen LogP contribution in [0.1, 0.15) is 39.0 Å². The van der Waals surface area contributed by atoms with E-state index in [-0.39, 0.29) is 17.7 Å². The second kappa shape index (κ2) is 6.98. The lowest BCUT2D eigenvalue weighted by molar-refractivity contribution is -0.143. The molecule has 1 aliphatic rings. The molecule has 0 aromatic heterocycles. The number of hydrogen-bond acceptors (Lipinski definition) is 3. The van der Waals surface area contributed by atoms with Gasteiger partial charge in [0, 0.05) is 13.0 Å². The SMILES string of the molecule is CCCC[C@H](NC(=O)C1CCC(=O)NC1)C(=O)O. The number of carboxylic acids is 1. The molecule has 6 heteroatoms. The number of nitrogens with one attached hydrogen (secondary N) is 2. The van der Waals surface area contributed by atoms with E-state index in [1.165, 1.54) is 0 Å². The average molecular weight is 256 g/mol. The Balaban J connectivity index is 2.45. The summed E-state index contributed by atoms with van der Waals surface area (Å²) in [6.07, 6.45) is 2.90. The molecule has 2 amide bonds. The fraction of sp³-hybridized carbons (Fsp3) is 0.750. The molecular formula is C12H20N2O4. The van der Waals surface area contributed by atoms with Crippen molar-refractivity contribution in [2.24, 2.45) is 5.92 Å². The Hall–Kier alpha value is -1.59. The van der Waals surface area contributed by atoms with Gasteiger partial charge in [0.25, 0.3) is 0 Å². The second-order valence-electron chi connectivity index (χ2n) is 4.58. The first-order valence-electron chi connectivity index (χ1n) is 6.34. The molecule has 1 fully saturated rings. The van der Waals surface area contributed by atoms with Crippen molar-refractivity contribution in [2.75, 3.05) is 6.54 Å². The normalized spacial score (nSPS) is 20.9. The van der Waals surface area contributed by atoms with E-state index in [1.54, 1.807) is 0 Å². The minimum Gasteiger partial charge on any atom is -0.480 e. The van der Waals surface area contributed by atoms with E-state index in [0.29, 0.717) is 25.8 Å². The smallest absolute Gasteiger partial charge is 0.326 e. The zero-order valence-corrected chi connectivity index (χ0v) is 10.6.